The van der Waals surface area contributed by atoms with E-state index in [1.54, 1.807) is 0 Å². The van der Waals surface area contributed by atoms with Gasteiger partial charge in [0.05, 0.1) is 0 Å². The van der Waals surface area contributed by atoms with Gasteiger partial charge >= 0.3 is 0 Å². The standard InChI is InChI=1S/C22H22N2O3/c25-21(24-10-3-4-11-24)12-17(16-7-5-9-20-22(16)27-14-26-20)18-13-23-19-8-2-1-6-15(18)19/h1-2,5-9,13,17,23H,3-4,10-12,14H2/t17-/m0/s1. The molecule has 0 radical (unpaired) electrons. The van der Waals surface area contributed by atoms with Crippen LogP contribution in [0.15, 0.2) is 48.7 Å². The number of aromatic amines is 1. The van der Waals surface area contributed by atoms with Gasteiger partial charge in [0.2, 0.25) is 12.7 Å². The van der Waals surface area contributed by atoms with Gasteiger partial charge in [0.1, 0.15) is 0 Å². The molecular formula is C22H22N2O3. The number of nitrogens with zero attached hydrogens (tertiary/aromatic N) is 1. The number of H-pyrrole nitrogens is 1. The summed E-state index contributed by atoms with van der Waals surface area (Å²) in [4.78, 5) is 18.3. The molecule has 1 saturated heterocycles. The van der Waals surface area contributed by atoms with Crippen molar-refractivity contribution in [2.24, 2.45) is 0 Å². The molecule has 2 aliphatic heterocycles. The van der Waals surface area contributed by atoms with Crippen LogP contribution in [0.1, 0.15) is 36.3 Å². The molecule has 0 spiro atoms. The number of aromatic nitrogens is 1. The van der Waals surface area contributed by atoms with Crippen LogP contribution in [0.3, 0.4) is 0 Å². The third kappa shape index (κ3) is 2.83. The van der Waals surface area contributed by atoms with Gasteiger partial charge in [-0.05, 0) is 30.5 Å². The van der Waals surface area contributed by atoms with E-state index in [-0.39, 0.29) is 18.6 Å². The van der Waals surface area contributed by atoms with Crippen LogP contribution in [0.25, 0.3) is 10.9 Å². The summed E-state index contributed by atoms with van der Waals surface area (Å²) in [6.07, 6.45) is 4.66. The molecule has 1 aromatic heterocycles. The van der Waals surface area contributed by atoms with E-state index >= 15 is 0 Å². The van der Waals surface area contributed by atoms with Crippen molar-refractivity contribution in [3.8, 4) is 11.5 Å². The molecule has 1 N–H and O–H groups in total. The van der Waals surface area contributed by atoms with Crippen LogP contribution in [-0.2, 0) is 4.79 Å². The zero-order valence-electron chi connectivity index (χ0n) is 15.1. The number of rotatable bonds is 4. The van der Waals surface area contributed by atoms with Crippen LogP contribution in [0, 0.1) is 0 Å². The number of hydrogen-bond acceptors (Lipinski definition) is 3. The lowest BCUT2D eigenvalue weighted by Gasteiger charge is -2.22. The number of likely N-dealkylation sites (tertiary alicyclic amines) is 1. The first-order chi connectivity index (χ1) is 13.3. The molecule has 5 nitrogen and oxygen atoms in total. The second kappa shape index (κ2) is 6.65. The Morgan fingerprint density at radius 1 is 1.04 bits per heavy atom. The molecular weight excluding hydrogens is 340 g/mol. The Kier molecular flexibility index (Phi) is 4.00. The lowest BCUT2D eigenvalue weighted by atomic mass is 9.87. The maximum atomic E-state index is 13.0. The molecule has 0 bridgehead atoms. The highest BCUT2D eigenvalue weighted by Gasteiger charge is 2.30. The Morgan fingerprint density at radius 3 is 2.78 bits per heavy atom. The molecule has 2 aliphatic rings. The van der Waals surface area contributed by atoms with Crippen molar-refractivity contribution in [2.75, 3.05) is 19.9 Å². The molecule has 1 atom stereocenters. The molecule has 1 fully saturated rings. The van der Waals surface area contributed by atoms with Gasteiger partial charge in [0, 0.05) is 48.1 Å². The number of amides is 1. The molecule has 0 aliphatic carbocycles. The van der Waals surface area contributed by atoms with Crippen LogP contribution in [0.2, 0.25) is 0 Å². The number of nitrogens with one attached hydrogen (secondary N) is 1. The number of carbonyl (C=O) groups excluding carboxylic acids is 1. The fraction of sp³-hybridized carbons (Fsp3) is 0.318. The summed E-state index contributed by atoms with van der Waals surface area (Å²) >= 11 is 0. The lowest BCUT2D eigenvalue weighted by molar-refractivity contribution is -0.130. The molecule has 3 heterocycles. The highest BCUT2D eigenvalue weighted by molar-refractivity contribution is 5.86. The summed E-state index contributed by atoms with van der Waals surface area (Å²) in [6.45, 7) is 1.96. The Morgan fingerprint density at radius 2 is 1.89 bits per heavy atom. The van der Waals surface area contributed by atoms with Gasteiger partial charge in [-0.2, -0.15) is 0 Å². The zero-order chi connectivity index (χ0) is 18.2. The predicted octanol–water partition coefficient (Wildman–Crippen LogP) is 4.04. The van der Waals surface area contributed by atoms with Crippen molar-refractivity contribution in [3.05, 3.63) is 59.8 Å². The molecule has 1 amide bonds. The minimum Gasteiger partial charge on any atom is -0.454 e. The summed E-state index contributed by atoms with van der Waals surface area (Å²) in [5.74, 6) is 1.65. The minimum atomic E-state index is -0.0779. The van der Waals surface area contributed by atoms with Crippen molar-refractivity contribution in [2.45, 2.75) is 25.2 Å². The van der Waals surface area contributed by atoms with Crippen molar-refractivity contribution >= 4 is 16.8 Å². The molecule has 5 rings (SSSR count). The van der Waals surface area contributed by atoms with E-state index in [0.29, 0.717) is 6.42 Å². The Bertz CT molecular complexity index is 988. The van der Waals surface area contributed by atoms with Gasteiger partial charge in [-0.25, -0.2) is 0 Å². The fourth-order valence-corrected chi connectivity index (χ4v) is 4.27. The van der Waals surface area contributed by atoms with Crippen LogP contribution in [0.4, 0.5) is 0 Å². The summed E-state index contributed by atoms with van der Waals surface area (Å²) in [7, 11) is 0. The molecule has 138 valence electrons. The Labute approximate surface area is 157 Å². The summed E-state index contributed by atoms with van der Waals surface area (Å²) < 4.78 is 11.3. The minimum absolute atomic E-state index is 0.0779. The predicted molar refractivity (Wildman–Crippen MR) is 103 cm³/mol. The number of fused-ring (bicyclic) bond motifs is 2. The van der Waals surface area contributed by atoms with Crippen LogP contribution in [0.5, 0.6) is 11.5 Å². The summed E-state index contributed by atoms with van der Waals surface area (Å²) in [6, 6.07) is 14.2. The number of para-hydroxylation sites is 2. The van der Waals surface area contributed by atoms with Gasteiger partial charge in [0.15, 0.2) is 11.5 Å². The highest BCUT2D eigenvalue weighted by atomic mass is 16.7. The van der Waals surface area contributed by atoms with E-state index in [9.17, 15) is 4.79 Å². The maximum Gasteiger partial charge on any atom is 0.231 e. The molecule has 2 aromatic carbocycles. The number of hydrogen-bond donors (Lipinski definition) is 1. The van der Waals surface area contributed by atoms with Gasteiger partial charge < -0.3 is 19.4 Å². The Balaban J connectivity index is 1.59. The SMILES string of the molecule is O=C(C[C@@H](c1cccc2c1OCO2)c1c[nH]c2ccccc12)N1CCCC1. The average Bonchev–Trinajstić information content (AvgIpc) is 3.46. The fourth-order valence-electron chi connectivity index (χ4n) is 4.27. The van der Waals surface area contributed by atoms with Crippen molar-refractivity contribution in [3.63, 3.8) is 0 Å². The number of benzene rings is 2. The van der Waals surface area contributed by atoms with E-state index in [4.69, 9.17) is 9.47 Å². The molecule has 3 aromatic rings. The van der Waals surface area contributed by atoms with E-state index < -0.39 is 0 Å². The molecule has 0 unspecified atom stereocenters. The lowest BCUT2D eigenvalue weighted by Crippen LogP contribution is -2.29. The topological polar surface area (TPSA) is 54.6 Å². The first-order valence-electron chi connectivity index (χ1n) is 9.53. The third-order valence-corrected chi connectivity index (χ3v) is 5.64. The quantitative estimate of drug-likeness (QED) is 0.762. The van der Waals surface area contributed by atoms with Gasteiger partial charge in [-0.15, -0.1) is 0 Å². The number of ether oxygens (including phenoxy) is 2. The van der Waals surface area contributed by atoms with Crippen LogP contribution < -0.4 is 9.47 Å². The molecule has 27 heavy (non-hydrogen) atoms. The number of carbonyl (C=O) groups is 1. The summed E-state index contributed by atoms with van der Waals surface area (Å²) in [5, 5.41) is 1.15. The molecule has 5 heteroatoms. The van der Waals surface area contributed by atoms with E-state index in [0.717, 1.165) is 59.5 Å². The van der Waals surface area contributed by atoms with E-state index in [1.807, 2.05) is 35.4 Å². The summed E-state index contributed by atoms with van der Waals surface area (Å²) in [5.41, 5.74) is 3.22. The largest absolute Gasteiger partial charge is 0.454 e. The van der Waals surface area contributed by atoms with E-state index in [1.165, 1.54) is 0 Å². The normalized spacial score (nSPS) is 16.8. The zero-order valence-corrected chi connectivity index (χ0v) is 15.1. The monoisotopic (exact) mass is 362 g/mol. The van der Waals surface area contributed by atoms with Crippen molar-refractivity contribution < 1.29 is 14.3 Å². The van der Waals surface area contributed by atoms with E-state index in [2.05, 4.69) is 23.2 Å². The van der Waals surface area contributed by atoms with Crippen molar-refractivity contribution in [1.82, 2.24) is 9.88 Å². The second-order valence-electron chi connectivity index (χ2n) is 7.22. The Hall–Kier alpha value is -2.95. The first-order valence-corrected chi connectivity index (χ1v) is 9.53. The van der Waals surface area contributed by atoms with Crippen molar-refractivity contribution in [1.29, 1.82) is 0 Å². The third-order valence-electron chi connectivity index (χ3n) is 5.64. The van der Waals surface area contributed by atoms with Crippen LogP contribution in [-0.4, -0.2) is 35.7 Å². The highest BCUT2D eigenvalue weighted by Crippen LogP contribution is 2.44. The van der Waals surface area contributed by atoms with Crippen LogP contribution >= 0.6 is 0 Å². The van der Waals surface area contributed by atoms with Gasteiger partial charge in [0.25, 0.3) is 0 Å². The van der Waals surface area contributed by atoms with Gasteiger partial charge in [-0.1, -0.05) is 30.3 Å². The average molecular weight is 362 g/mol. The molecule has 0 saturated carbocycles. The maximum absolute atomic E-state index is 13.0. The van der Waals surface area contributed by atoms with Gasteiger partial charge in [-0.3, -0.25) is 4.79 Å². The second-order valence-corrected chi connectivity index (χ2v) is 7.22. The first kappa shape index (κ1) is 16.2. The smallest absolute Gasteiger partial charge is 0.231 e.